The molecule has 0 saturated carbocycles. The summed E-state index contributed by atoms with van der Waals surface area (Å²) in [6.45, 7) is 0.0477. The van der Waals surface area contributed by atoms with Gasteiger partial charge in [0.25, 0.3) is 5.91 Å². The van der Waals surface area contributed by atoms with Crippen LogP contribution in [-0.2, 0) is 4.79 Å². The van der Waals surface area contributed by atoms with Gasteiger partial charge in [0.2, 0.25) is 0 Å². The molecule has 0 spiro atoms. The minimum atomic E-state index is -0.342. The van der Waals surface area contributed by atoms with E-state index in [2.05, 4.69) is 10.4 Å². The second-order valence-electron chi connectivity index (χ2n) is 7.38. The molecule has 8 heteroatoms. The van der Waals surface area contributed by atoms with Crippen molar-refractivity contribution < 1.29 is 18.0 Å². The third-order valence-electron chi connectivity index (χ3n) is 5.33. The van der Waals surface area contributed by atoms with Gasteiger partial charge in [0.1, 0.15) is 29.1 Å². The fourth-order valence-electron chi connectivity index (χ4n) is 3.80. The average Bonchev–Trinajstić information content (AvgIpc) is 3.61. The molecule has 0 saturated heterocycles. The van der Waals surface area contributed by atoms with E-state index in [1.807, 2.05) is 29.6 Å². The maximum atomic E-state index is 13.4. The van der Waals surface area contributed by atoms with Crippen LogP contribution in [0.15, 0.2) is 92.5 Å². The van der Waals surface area contributed by atoms with Gasteiger partial charge in [-0.2, -0.15) is 5.10 Å². The van der Waals surface area contributed by atoms with Crippen molar-refractivity contribution >= 4 is 23.0 Å². The van der Waals surface area contributed by atoms with Crippen molar-refractivity contribution in [2.45, 2.75) is 18.5 Å². The summed E-state index contributed by atoms with van der Waals surface area (Å²) in [4.78, 5) is 14.3. The van der Waals surface area contributed by atoms with Crippen LogP contribution in [0, 0.1) is 5.82 Å². The van der Waals surface area contributed by atoms with E-state index in [0.717, 1.165) is 10.4 Å². The Morgan fingerprint density at radius 3 is 2.62 bits per heavy atom. The zero-order chi connectivity index (χ0) is 21.9. The van der Waals surface area contributed by atoms with Gasteiger partial charge < -0.3 is 8.83 Å². The van der Waals surface area contributed by atoms with Crippen LogP contribution in [-0.4, -0.2) is 23.2 Å². The largest absolute Gasteiger partial charge is 0.467 e. The number of carbonyl (C=O) groups excluding carboxylic acids is 1. The number of rotatable bonds is 7. The molecule has 0 radical (unpaired) electrons. The molecule has 2 unspecified atom stereocenters. The number of furan rings is 2. The predicted octanol–water partition coefficient (Wildman–Crippen LogP) is 5.13. The zero-order valence-electron chi connectivity index (χ0n) is 17.0. The molecule has 1 aliphatic heterocycles. The van der Waals surface area contributed by atoms with Crippen LogP contribution in [0.2, 0.25) is 0 Å². The van der Waals surface area contributed by atoms with E-state index >= 15 is 0 Å². The minimum absolute atomic E-state index is 0.0477. The monoisotopic (exact) mass is 449 g/mol. The lowest BCUT2D eigenvalue weighted by Crippen LogP contribution is -2.37. The molecule has 1 amide bonds. The topological polar surface area (TPSA) is 71.0 Å². The molecule has 0 fully saturated rings. The summed E-state index contributed by atoms with van der Waals surface area (Å²) in [5.41, 5.74) is 1.57. The smallest absolute Gasteiger partial charge is 0.257 e. The first-order chi connectivity index (χ1) is 15.7. The van der Waals surface area contributed by atoms with Gasteiger partial charge in [-0.15, -0.1) is 11.3 Å². The van der Waals surface area contributed by atoms with Crippen LogP contribution in [0.3, 0.4) is 0 Å². The van der Waals surface area contributed by atoms with E-state index in [9.17, 15) is 9.18 Å². The highest BCUT2D eigenvalue weighted by atomic mass is 32.1. The van der Waals surface area contributed by atoms with Gasteiger partial charge in [-0.1, -0.05) is 18.2 Å². The number of thiophene rings is 1. The molecule has 3 aromatic heterocycles. The summed E-state index contributed by atoms with van der Waals surface area (Å²) in [5.74, 6) is 0.800. The first kappa shape index (κ1) is 20.4. The highest BCUT2D eigenvalue weighted by Gasteiger charge is 2.35. The molecule has 1 aromatic carbocycles. The first-order valence-corrected chi connectivity index (χ1v) is 11.1. The molecule has 2 atom stereocenters. The summed E-state index contributed by atoms with van der Waals surface area (Å²) < 4.78 is 24.5. The Kier molecular flexibility index (Phi) is 5.70. The Morgan fingerprint density at radius 1 is 1.12 bits per heavy atom. The molecular formula is C24H20FN3O3S. The van der Waals surface area contributed by atoms with Gasteiger partial charge in [-0.3, -0.25) is 10.1 Å². The highest BCUT2D eigenvalue weighted by Crippen LogP contribution is 2.33. The summed E-state index contributed by atoms with van der Waals surface area (Å²) in [6.07, 6.45) is 3.67. The van der Waals surface area contributed by atoms with Crippen LogP contribution >= 0.6 is 11.3 Å². The molecule has 4 aromatic rings. The predicted molar refractivity (Wildman–Crippen MR) is 119 cm³/mol. The van der Waals surface area contributed by atoms with Crippen molar-refractivity contribution in [2.75, 3.05) is 6.54 Å². The normalized spacial score (nSPS) is 16.8. The van der Waals surface area contributed by atoms with E-state index in [1.54, 1.807) is 48.1 Å². The number of nitrogens with one attached hydrogen (secondary N) is 1. The lowest BCUT2D eigenvalue weighted by molar-refractivity contribution is -0.132. The summed E-state index contributed by atoms with van der Waals surface area (Å²) >= 11 is 1.58. The van der Waals surface area contributed by atoms with E-state index in [4.69, 9.17) is 8.83 Å². The summed E-state index contributed by atoms with van der Waals surface area (Å²) in [6, 6.07) is 16.9. The van der Waals surface area contributed by atoms with Gasteiger partial charge in [0.15, 0.2) is 0 Å². The Morgan fingerprint density at radius 2 is 1.94 bits per heavy atom. The van der Waals surface area contributed by atoms with Crippen molar-refractivity contribution in [1.29, 1.82) is 0 Å². The molecular weight excluding hydrogens is 429 g/mol. The lowest BCUT2D eigenvalue weighted by atomic mass is 10.1. The molecule has 32 heavy (non-hydrogen) atoms. The quantitative estimate of drug-likeness (QED) is 0.425. The van der Waals surface area contributed by atoms with Crippen LogP contribution in [0.1, 0.15) is 40.5 Å². The number of halogens is 1. The lowest BCUT2D eigenvalue weighted by Gasteiger charge is -2.22. The number of nitrogens with zero attached hydrogens (tertiary/aromatic N) is 2. The van der Waals surface area contributed by atoms with Crippen molar-refractivity contribution in [2.24, 2.45) is 5.10 Å². The van der Waals surface area contributed by atoms with Gasteiger partial charge in [0.05, 0.1) is 25.1 Å². The number of amides is 1. The fraction of sp³-hybridized carbons (Fsp3) is 0.167. The second-order valence-corrected chi connectivity index (χ2v) is 8.36. The Balaban J connectivity index is 1.37. The number of hydrogen-bond acceptors (Lipinski definition) is 6. The molecule has 1 N–H and O–H groups in total. The Bertz CT molecular complexity index is 1190. The fourth-order valence-corrected chi connectivity index (χ4v) is 4.63. The number of hydrogen-bond donors (Lipinski definition) is 1. The van der Waals surface area contributed by atoms with Crippen LogP contribution in [0.25, 0.3) is 0 Å². The molecule has 0 bridgehead atoms. The summed E-state index contributed by atoms with van der Waals surface area (Å²) in [7, 11) is 0. The molecule has 162 valence electrons. The average molecular weight is 450 g/mol. The van der Waals surface area contributed by atoms with Crippen LogP contribution in [0.5, 0.6) is 0 Å². The molecule has 5 rings (SSSR count). The van der Waals surface area contributed by atoms with Gasteiger partial charge >= 0.3 is 0 Å². The maximum absolute atomic E-state index is 13.4. The second kappa shape index (κ2) is 8.94. The standard InChI is InChI=1S/C24H20FN3O3S/c25-17-9-7-16(8-10-17)24(22-6-3-13-32-22)26-15-23(29)28-19(21-5-2-12-31-21)14-18(27-28)20-4-1-11-30-20/h1-13,19,24,26H,14-15H2. The number of benzene rings is 1. The Hall–Kier alpha value is -3.49. The van der Waals surface area contributed by atoms with Crippen molar-refractivity contribution in [3.63, 3.8) is 0 Å². The zero-order valence-corrected chi connectivity index (χ0v) is 17.8. The van der Waals surface area contributed by atoms with Crippen molar-refractivity contribution in [3.05, 3.63) is 106 Å². The van der Waals surface area contributed by atoms with E-state index < -0.39 is 0 Å². The molecule has 6 nitrogen and oxygen atoms in total. The van der Waals surface area contributed by atoms with Gasteiger partial charge in [-0.25, -0.2) is 9.40 Å². The maximum Gasteiger partial charge on any atom is 0.257 e. The number of hydrazone groups is 1. The molecule has 1 aliphatic rings. The molecule has 4 heterocycles. The van der Waals surface area contributed by atoms with E-state index in [-0.39, 0.29) is 30.4 Å². The van der Waals surface area contributed by atoms with E-state index in [1.165, 1.54) is 17.1 Å². The minimum Gasteiger partial charge on any atom is -0.467 e. The van der Waals surface area contributed by atoms with Crippen LogP contribution in [0.4, 0.5) is 4.39 Å². The van der Waals surface area contributed by atoms with E-state index in [0.29, 0.717) is 23.7 Å². The van der Waals surface area contributed by atoms with Crippen molar-refractivity contribution in [1.82, 2.24) is 10.3 Å². The Labute approximate surface area is 188 Å². The highest BCUT2D eigenvalue weighted by molar-refractivity contribution is 7.10. The summed E-state index contributed by atoms with van der Waals surface area (Å²) in [5, 5.41) is 11.3. The van der Waals surface area contributed by atoms with Gasteiger partial charge in [-0.05, 0) is 53.4 Å². The SMILES string of the molecule is O=C(CNC(c1ccc(F)cc1)c1cccs1)N1N=C(c2ccco2)CC1c1ccco1. The van der Waals surface area contributed by atoms with Gasteiger partial charge in [0, 0.05) is 11.3 Å². The molecule has 0 aliphatic carbocycles. The third-order valence-corrected chi connectivity index (χ3v) is 6.27. The van der Waals surface area contributed by atoms with Crippen molar-refractivity contribution in [3.8, 4) is 0 Å². The number of carbonyl (C=O) groups is 1. The van der Waals surface area contributed by atoms with Crippen LogP contribution < -0.4 is 5.32 Å². The first-order valence-electron chi connectivity index (χ1n) is 10.2. The third kappa shape index (κ3) is 4.15.